The van der Waals surface area contributed by atoms with Gasteiger partial charge in [-0.15, -0.1) is 0 Å². The summed E-state index contributed by atoms with van der Waals surface area (Å²) in [6.07, 6.45) is -0.000394. The molecule has 1 N–H and O–H groups in total. The molecule has 1 heterocycles. The maximum absolute atomic E-state index is 13.6. The number of hydrogen-bond donors (Lipinski definition) is 1. The number of nitrogens with one attached hydrogen (secondary N) is 1. The van der Waals surface area contributed by atoms with Gasteiger partial charge in [0, 0.05) is 19.0 Å². The molecule has 1 aromatic rings. The average molecular weight is 285 g/mol. The third-order valence-corrected chi connectivity index (χ3v) is 4.89. The second-order valence-corrected chi connectivity index (χ2v) is 7.10. The van der Waals surface area contributed by atoms with Gasteiger partial charge in [0.1, 0.15) is 5.82 Å². The molecule has 0 saturated carbocycles. The fourth-order valence-corrected chi connectivity index (χ4v) is 3.63. The van der Waals surface area contributed by atoms with Crippen LogP contribution in [0.25, 0.3) is 0 Å². The molecule has 0 aliphatic carbocycles. The summed E-state index contributed by atoms with van der Waals surface area (Å²) in [6.45, 7) is 2.12. The summed E-state index contributed by atoms with van der Waals surface area (Å²) in [5, 5.41) is 2.99. The molecular weight excluding hydrogens is 269 g/mol. The van der Waals surface area contributed by atoms with Crippen molar-refractivity contribution in [2.24, 2.45) is 0 Å². The first-order chi connectivity index (χ1) is 8.87. The van der Waals surface area contributed by atoms with Gasteiger partial charge in [0.25, 0.3) is 0 Å². The summed E-state index contributed by atoms with van der Waals surface area (Å²) in [4.78, 5) is 12.0. The van der Waals surface area contributed by atoms with Crippen LogP contribution >= 0.6 is 0 Å². The maximum Gasteiger partial charge on any atom is 0.167 e. The second-order valence-electron chi connectivity index (χ2n) is 4.88. The standard InChI is InChI=1S/C13H16FNO3S/c1-9-2-3-12(14)11(6-9)13(16)7-10-8-19(17,18)5-4-15-10/h2-3,6,10,15H,4-5,7-8H2,1H3. The minimum atomic E-state index is -3.09. The highest BCUT2D eigenvalue weighted by Crippen LogP contribution is 2.15. The molecule has 4 nitrogen and oxygen atoms in total. The summed E-state index contributed by atoms with van der Waals surface area (Å²) in [5.41, 5.74) is 0.832. The fourth-order valence-electron chi connectivity index (χ4n) is 2.18. The Morgan fingerprint density at radius 3 is 2.89 bits per heavy atom. The quantitative estimate of drug-likeness (QED) is 0.845. The van der Waals surface area contributed by atoms with Gasteiger partial charge in [-0.2, -0.15) is 0 Å². The lowest BCUT2D eigenvalue weighted by Crippen LogP contribution is -2.46. The van der Waals surface area contributed by atoms with Crippen LogP contribution in [0.3, 0.4) is 0 Å². The lowest BCUT2D eigenvalue weighted by Gasteiger charge is -2.23. The molecule has 1 aromatic carbocycles. The van der Waals surface area contributed by atoms with Gasteiger partial charge in [0.05, 0.1) is 17.1 Å². The molecule has 2 rings (SSSR count). The van der Waals surface area contributed by atoms with Crippen LogP contribution in [0.4, 0.5) is 4.39 Å². The number of halogens is 1. The van der Waals surface area contributed by atoms with Crippen molar-refractivity contribution >= 4 is 15.6 Å². The third kappa shape index (κ3) is 3.61. The molecule has 104 valence electrons. The summed E-state index contributed by atoms with van der Waals surface area (Å²) in [6, 6.07) is 3.92. The molecule has 1 saturated heterocycles. The van der Waals surface area contributed by atoms with E-state index in [1.54, 1.807) is 13.0 Å². The van der Waals surface area contributed by atoms with Crippen LogP contribution in [-0.2, 0) is 9.84 Å². The third-order valence-electron chi connectivity index (χ3n) is 3.16. The van der Waals surface area contributed by atoms with Crippen molar-refractivity contribution in [2.45, 2.75) is 19.4 Å². The average Bonchev–Trinajstić information content (AvgIpc) is 2.31. The van der Waals surface area contributed by atoms with Gasteiger partial charge in [-0.05, 0) is 19.1 Å². The van der Waals surface area contributed by atoms with Crippen molar-refractivity contribution in [1.82, 2.24) is 5.32 Å². The molecule has 1 atom stereocenters. The summed E-state index contributed by atoms with van der Waals surface area (Å²) in [7, 11) is -3.09. The van der Waals surface area contributed by atoms with Crippen molar-refractivity contribution in [3.63, 3.8) is 0 Å². The Balaban J connectivity index is 2.11. The second kappa shape index (κ2) is 5.38. The molecule has 0 spiro atoms. The number of aryl methyl sites for hydroxylation is 1. The van der Waals surface area contributed by atoms with Crippen molar-refractivity contribution in [3.05, 3.63) is 35.1 Å². The zero-order valence-corrected chi connectivity index (χ0v) is 11.5. The highest BCUT2D eigenvalue weighted by molar-refractivity contribution is 7.91. The molecular formula is C13H16FNO3S. The molecule has 1 aliphatic rings. The number of ketones is 1. The zero-order chi connectivity index (χ0) is 14.0. The van der Waals surface area contributed by atoms with E-state index in [4.69, 9.17) is 0 Å². The number of hydrogen-bond acceptors (Lipinski definition) is 4. The first-order valence-electron chi connectivity index (χ1n) is 6.10. The van der Waals surface area contributed by atoms with Gasteiger partial charge in [-0.25, -0.2) is 12.8 Å². The number of carbonyl (C=O) groups is 1. The molecule has 19 heavy (non-hydrogen) atoms. The lowest BCUT2D eigenvalue weighted by atomic mass is 10.0. The first-order valence-corrected chi connectivity index (χ1v) is 7.93. The van der Waals surface area contributed by atoms with Crippen LogP contribution in [0.15, 0.2) is 18.2 Å². The Hall–Kier alpha value is -1.27. The Kier molecular flexibility index (Phi) is 4.01. The molecule has 6 heteroatoms. The minimum Gasteiger partial charge on any atom is -0.312 e. The number of benzene rings is 1. The number of carbonyl (C=O) groups excluding carboxylic acids is 1. The van der Waals surface area contributed by atoms with Gasteiger partial charge in [0.15, 0.2) is 15.6 Å². The van der Waals surface area contributed by atoms with E-state index < -0.39 is 21.7 Å². The smallest absolute Gasteiger partial charge is 0.167 e. The molecule has 0 radical (unpaired) electrons. The lowest BCUT2D eigenvalue weighted by molar-refractivity contribution is 0.0968. The van der Waals surface area contributed by atoms with Crippen LogP contribution in [0, 0.1) is 12.7 Å². The Bertz CT molecular complexity index is 598. The monoisotopic (exact) mass is 285 g/mol. The van der Waals surface area contributed by atoms with Crippen LogP contribution in [0.5, 0.6) is 0 Å². The molecule has 1 aliphatic heterocycles. The van der Waals surface area contributed by atoms with Gasteiger partial charge in [-0.3, -0.25) is 4.79 Å². The van der Waals surface area contributed by atoms with Crippen LogP contribution in [-0.4, -0.2) is 38.3 Å². The van der Waals surface area contributed by atoms with Gasteiger partial charge in [-0.1, -0.05) is 11.6 Å². The van der Waals surface area contributed by atoms with Crippen molar-refractivity contribution in [3.8, 4) is 0 Å². The van der Waals surface area contributed by atoms with E-state index in [0.29, 0.717) is 6.54 Å². The predicted octanol–water partition coefficient (Wildman–Crippen LogP) is 1.09. The Morgan fingerprint density at radius 2 is 2.21 bits per heavy atom. The van der Waals surface area contributed by atoms with Crippen molar-refractivity contribution < 1.29 is 17.6 Å². The van der Waals surface area contributed by atoms with Gasteiger partial charge >= 0.3 is 0 Å². The molecule has 0 amide bonds. The van der Waals surface area contributed by atoms with E-state index in [-0.39, 0.29) is 29.3 Å². The normalized spacial score (nSPS) is 22.1. The van der Waals surface area contributed by atoms with E-state index in [1.807, 2.05) is 0 Å². The molecule has 1 unspecified atom stereocenters. The number of sulfone groups is 1. The summed E-state index contributed by atoms with van der Waals surface area (Å²) in [5.74, 6) is -0.895. The molecule has 1 fully saturated rings. The summed E-state index contributed by atoms with van der Waals surface area (Å²) < 4.78 is 36.5. The van der Waals surface area contributed by atoms with E-state index in [1.165, 1.54) is 12.1 Å². The highest BCUT2D eigenvalue weighted by Gasteiger charge is 2.27. The highest BCUT2D eigenvalue weighted by atomic mass is 32.2. The Labute approximate surface area is 111 Å². The fraction of sp³-hybridized carbons (Fsp3) is 0.462. The van der Waals surface area contributed by atoms with Gasteiger partial charge < -0.3 is 5.32 Å². The predicted molar refractivity (Wildman–Crippen MR) is 70.5 cm³/mol. The van der Waals surface area contributed by atoms with Crippen molar-refractivity contribution in [2.75, 3.05) is 18.1 Å². The topological polar surface area (TPSA) is 63.2 Å². The Morgan fingerprint density at radius 1 is 1.47 bits per heavy atom. The van der Waals surface area contributed by atoms with E-state index in [9.17, 15) is 17.6 Å². The molecule has 0 aromatic heterocycles. The van der Waals surface area contributed by atoms with Crippen molar-refractivity contribution in [1.29, 1.82) is 0 Å². The number of rotatable bonds is 3. The van der Waals surface area contributed by atoms with E-state index in [0.717, 1.165) is 5.56 Å². The molecule has 0 bridgehead atoms. The van der Waals surface area contributed by atoms with E-state index in [2.05, 4.69) is 5.32 Å². The van der Waals surface area contributed by atoms with Crippen LogP contribution in [0.2, 0.25) is 0 Å². The van der Waals surface area contributed by atoms with E-state index >= 15 is 0 Å². The van der Waals surface area contributed by atoms with Gasteiger partial charge in [0.2, 0.25) is 0 Å². The SMILES string of the molecule is Cc1ccc(F)c(C(=O)CC2CS(=O)(=O)CCN2)c1. The maximum atomic E-state index is 13.6. The largest absolute Gasteiger partial charge is 0.312 e. The minimum absolute atomic E-state index is 0.000394. The van der Waals surface area contributed by atoms with Crippen LogP contribution in [0.1, 0.15) is 22.3 Å². The summed E-state index contributed by atoms with van der Waals surface area (Å²) >= 11 is 0. The first kappa shape index (κ1) is 14.1. The number of Topliss-reactive ketones (excluding diaryl/α,β-unsaturated/α-hetero) is 1. The zero-order valence-electron chi connectivity index (χ0n) is 10.6. The van der Waals surface area contributed by atoms with Crippen LogP contribution < -0.4 is 5.32 Å².